The van der Waals surface area contributed by atoms with Crippen molar-refractivity contribution < 1.29 is 14.3 Å². The summed E-state index contributed by atoms with van der Waals surface area (Å²) in [5, 5.41) is 3.06. The van der Waals surface area contributed by atoms with Crippen LogP contribution in [-0.2, 0) is 13.0 Å². The molecule has 1 atom stereocenters. The smallest absolute Gasteiger partial charge is 0.253 e. The quantitative estimate of drug-likeness (QED) is 0.284. The highest BCUT2D eigenvalue weighted by Gasteiger charge is 2.47. The number of piperazine rings is 1. The van der Waals surface area contributed by atoms with Gasteiger partial charge in [-0.15, -0.1) is 0 Å². The summed E-state index contributed by atoms with van der Waals surface area (Å²) >= 11 is 0. The molecule has 2 aromatic heterocycles. The van der Waals surface area contributed by atoms with E-state index in [1.54, 1.807) is 0 Å². The van der Waals surface area contributed by atoms with E-state index in [4.69, 9.17) is 14.5 Å². The topological polar surface area (TPSA) is 103 Å². The highest BCUT2D eigenvalue weighted by Crippen LogP contribution is 2.53. The molecule has 10 heteroatoms. The van der Waals surface area contributed by atoms with Gasteiger partial charge in [-0.1, -0.05) is 20.3 Å². The lowest BCUT2D eigenvalue weighted by Crippen LogP contribution is -2.46. The lowest BCUT2D eigenvalue weighted by Gasteiger charge is -2.39. The number of H-pyrrole nitrogens is 1. The van der Waals surface area contributed by atoms with Crippen molar-refractivity contribution in [3.8, 4) is 22.6 Å². The Labute approximate surface area is 291 Å². The Balaban J connectivity index is 1.32. The van der Waals surface area contributed by atoms with Crippen LogP contribution in [0.5, 0.6) is 11.5 Å². The minimum Gasteiger partial charge on any atom is -0.448 e. The third-order valence-electron chi connectivity index (χ3n) is 11.0. The highest BCUT2D eigenvalue weighted by atomic mass is 16.7. The van der Waals surface area contributed by atoms with Gasteiger partial charge in [0.15, 0.2) is 11.5 Å². The number of fused-ring (bicyclic) bond motifs is 1. The average molecular weight is 671 g/mol. The second-order valence-electron chi connectivity index (χ2n) is 14.5. The van der Waals surface area contributed by atoms with Crippen LogP contribution in [0.25, 0.3) is 11.1 Å². The van der Waals surface area contributed by atoms with E-state index in [-0.39, 0.29) is 23.9 Å². The maximum absolute atomic E-state index is 14.0. The largest absolute Gasteiger partial charge is 0.448 e. The number of hydrogen-bond acceptors (Lipinski definition) is 8. The maximum Gasteiger partial charge on any atom is 0.253 e. The van der Waals surface area contributed by atoms with Gasteiger partial charge in [0.05, 0.1) is 0 Å². The van der Waals surface area contributed by atoms with Crippen molar-refractivity contribution in [2.45, 2.75) is 91.5 Å². The van der Waals surface area contributed by atoms with E-state index in [9.17, 15) is 9.59 Å². The number of rotatable bonds is 10. The predicted octanol–water partition coefficient (Wildman–Crippen LogP) is 5.69. The molecular weight excluding hydrogens is 616 g/mol. The minimum absolute atomic E-state index is 0.140. The number of carbonyl (C=O) groups is 1. The van der Waals surface area contributed by atoms with Gasteiger partial charge in [0.2, 0.25) is 0 Å². The van der Waals surface area contributed by atoms with E-state index >= 15 is 0 Å². The van der Waals surface area contributed by atoms with Crippen LogP contribution in [0, 0.1) is 19.8 Å². The number of anilines is 1. The van der Waals surface area contributed by atoms with Gasteiger partial charge in [-0.05, 0) is 96.4 Å². The van der Waals surface area contributed by atoms with E-state index in [0.29, 0.717) is 28.7 Å². The molecule has 1 unspecified atom stereocenters. The van der Waals surface area contributed by atoms with Crippen molar-refractivity contribution in [2.24, 2.45) is 5.92 Å². The van der Waals surface area contributed by atoms with Crippen LogP contribution >= 0.6 is 0 Å². The second-order valence-corrected chi connectivity index (χ2v) is 14.5. The third-order valence-corrected chi connectivity index (χ3v) is 11.0. The number of likely N-dealkylation sites (N-methyl/N-ethyl adjacent to an activating group) is 1. The molecule has 49 heavy (non-hydrogen) atoms. The van der Waals surface area contributed by atoms with Gasteiger partial charge >= 0.3 is 0 Å². The molecule has 0 bridgehead atoms. The number of pyridine rings is 2. The number of hydrogen-bond donors (Lipinski definition) is 2. The number of benzene rings is 1. The molecule has 264 valence electrons. The Bertz CT molecular complexity index is 1700. The molecule has 2 N–H and O–H groups in total. The van der Waals surface area contributed by atoms with Gasteiger partial charge in [-0.2, -0.15) is 0 Å². The van der Waals surface area contributed by atoms with E-state index in [1.165, 1.54) is 0 Å². The van der Waals surface area contributed by atoms with Crippen LogP contribution in [0.2, 0.25) is 0 Å². The van der Waals surface area contributed by atoms with Crippen LogP contribution in [0.3, 0.4) is 0 Å². The van der Waals surface area contributed by atoms with Crippen molar-refractivity contribution >= 4 is 11.7 Å². The molecule has 10 nitrogen and oxygen atoms in total. The first-order valence-corrected chi connectivity index (χ1v) is 18.2. The molecule has 1 aromatic carbocycles. The number of aryl methyl sites for hydroxylation is 2. The zero-order valence-corrected chi connectivity index (χ0v) is 30.4. The highest BCUT2D eigenvalue weighted by molar-refractivity contribution is 5.99. The van der Waals surface area contributed by atoms with Crippen molar-refractivity contribution in [3.63, 3.8) is 0 Å². The normalized spacial score (nSPS) is 22.5. The summed E-state index contributed by atoms with van der Waals surface area (Å²) in [5.41, 5.74) is 5.10. The van der Waals surface area contributed by atoms with E-state index in [1.807, 2.05) is 39.1 Å². The molecule has 3 aliphatic rings. The number of aromatic amines is 1. The van der Waals surface area contributed by atoms with E-state index < -0.39 is 5.79 Å². The summed E-state index contributed by atoms with van der Waals surface area (Å²) in [5.74, 6) is 1.34. The first-order chi connectivity index (χ1) is 23.5. The monoisotopic (exact) mass is 670 g/mol. The second kappa shape index (κ2) is 14.5. The van der Waals surface area contributed by atoms with Crippen molar-refractivity contribution in [1.29, 1.82) is 0 Å². The SMILES string of the molecule is CCCc1cc(C)[nH]c(=O)c1CNC(=O)c1cc(-c2ccc(N3CCN(CC)CC3)nc2)c2c(c1C)OC(C)([C@H]1CC[C@H](N(C)C)CC1)O2. The maximum atomic E-state index is 14.0. The first-order valence-electron chi connectivity index (χ1n) is 18.2. The molecule has 4 heterocycles. The lowest BCUT2D eigenvalue weighted by atomic mass is 9.81. The van der Waals surface area contributed by atoms with Crippen molar-refractivity contribution in [1.82, 2.24) is 25.1 Å². The van der Waals surface area contributed by atoms with Gasteiger partial charge in [0, 0.05) is 91.3 Å². The predicted molar refractivity (Wildman–Crippen MR) is 195 cm³/mol. The molecule has 2 aliphatic heterocycles. The summed E-state index contributed by atoms with van der Waals surface area (Å²) in [6.45, 7) is 15.3. The van der Waals surface area contributed by atoms with Gasteiger partial charge in [0.1, 0.15) is 5.82 Å². The Hall–Kier alpha value is -3.89. The van der Waals surface area contributed by atoms with Crippen LogP contribution < -0.4 is 25.2 Å². The van der Waals surface area contributed by atoms with Crippen LogP contribution in [0.1, 0.15) is 85.6 Å². The van der Waals surface area contributed by atoms with E-state index in [2.05, 4.69) is 65.1 Å². The Morgan fingerprint density at radius 1 is 1.04 bits per heavy atom. The fraction of sp³-hybridized carbons (Fsp3) is 0.564. The number of amides is 1. The zero-order valence-electron chi connectivity index (χ0n) is 30.4. The number of aromatic nitrogens is 2. The summed E-state index contributed by atoms with van der Waals surface area (Å²) in [6, 6.07) is 8.61. The van der Waals surface area contributed by atoms with E-state index in [0.717, 1.165) is 105 Å². The van der Waals surface area contributed by atoms with Crippen molar-refractivity contribution in [3.05, 3.63) is 68.8 Å². The minimum atomic E-state index is -0.842. The molecule has 3 aromatic rings. The Kier molecular flexibility index (Phi) is 10.4. The lowest BCUT2D eigenvalue weighted by molar-refractivity contribution is -0.123. The summed E-state index contributed by atoms with van der Waals surface area (Å²) in [4.78, 5) is 41.8. The fourth-order valence-corrected chi connectivity index (χ4v) is 7.88. The Morgan fingerprint density at radius 3 is 2.39 bits per heavy atom. The molecule has 6 rings (SSSR count). The number of nitrogens with zero attached hydrogens (tertiary/aromatic N) is 4. The zero-order chi connectivity index (χ0) is 34.9. The van der Waals surface area contributed by atoms with Crippen LogP contribution in [0.15, 0.2) is 35.3 Å². The van der Waals surface area contributed by atoms with Gasteiger partial charge < -0.3 is 34.5 Å². The first kappa shape index (κ1) is 35.0. The molecule has 1 saturated heterocycles. The van der Waals surface area contributed by atoms with Crippen molar-refractivity contribution in [2.75, 3.05) is 51.7 Å². The Morgan fingerprint density at radius 2 is 1.76 bits per heavy atom. The molecular formula is C39H54N6O4. The molecule has 0 spiro atoms. The third kappa shape index (κ3) is 7.22. The molecule has 0 radical (unpaired) electrons. The number of nitrogens with one attached hydrogen (secondary N) is 2. The van der Waals surface area contributed by atoms with Gasteiger partial charge in [-0.25, -0.2) is 4.98 Å². The molecule has 1 aliphatic carbocycles. The molecule has 1 saturated carbocycles. The summed E-state index contributed by atoms with van der Waals surface area (Å²) in [7, 11) is 4.30. The summed E-state index contributed by atoms with van der Waals surface area (Å²) < 4.78 is 13.6. The standard InChI is InChI=1S/C39H54N6O4/c1-8-10-27-21-25(3)42-38(47)33(27)24-41-37(46)31-22-32(28-11-16-34(40-23-28)45-19-17-44(9-2)18-20-45)36-35(26(31)4)48-39(5,49-36)29-12-14-30(15-13-29)43(6)7/h11,16,21-23,29-30H,8-10,12-15,17-20,24H2,1-7H3,(H,41,46)(H,42,47)/t29-,30-,39?. The number of carbonyl (C=O) groups excluding carboxylic acids is 1. The average Bonchev–Trinajstić information content (AvgIpc) is 3.47. The molecule has 1 amide bonds. The van der Waals surface area contributed by atoms with Crippen LogP contribution in [-0.4, -0.2) is 84.3 Å². The molecule has 2 fully saturated rings. The van der Waals surface area contributed by atoms with Crippen LogP contribution in [0.4, 0.5) is 5.82 Å². The number of ether oxygens (including phenoxy) is 2. The summed E-state index contributed by atoms with van der Waals surface area (Å²) in [6.07, 6.45) is 7.75. The van der Waals surface area contributed by atoms with Gasteiger partial charge in [-0.3, -0.25) is 9.59 Å². The van der Waals surface area contributed by atoms with Gasteiger partial charge in [0.25, 0.3) is 17.3 Å². The fourth-order valence-electron chi connectivity index (χ4n) is 7.88.